The van der Waals surface area contributed by atoms with Gasteiger partial charge in [-0.3, -0.25) is 0 Å². The van der Waals surface area contributed by atoms with Crippen LogP contribution in [0, 0.1) is 10.8 Å². The van der Waals surface area contributed by atoms with Gasteiger partial charge in [-0.25, -0.2) is 0 Å². The second kappa shape index (κ2) is 19.2. The molecule has 2 unspecified atom stereocenters. The van der Waals surface area contributed by atoms with Crippen LogP contribution in [0.4, 0.5) is 0 Å². The average molecular weight is 693 g/mol. The largest absolute Gasteiger partial charge is 0.508 e. The van der Waals surface area contributed by atoms with E-state index in [-0.39, 0.29) is 21.7 Å². The first-order valence-electron chi connectivity index (χ1n) is 20.9. The van der Waals surface area contributed by atoms with Gasteiger partial charge in [0.2, 0.25) is 0 Å². The van der Waals surface area contributed by atoms with Crippen molar-refractivity contribution >= 4 is 0 Å². The summed E-state index contributed by atoms with van der Waals surface area (Å²) in [6, 6.07) is 21.5. The van der Waals surface area contributed by atoms with Crippen molar-refractivity contribution in [1.29, 1.82) is 0 Å². The van der Waals surface area contributed by atoms with Crippen LogP contribution < -0.4 is 0 Å². The Balaban J connectivity index is 1.74. The smallest absolute Gasteiger partial charge is 0.115 e. The molecule has 2 nitrogen and oxygen atoms in total. The summed E-state index contributed by atoms with van der Waals surface area (Å²) in [6.45, 7) is 13.7. The number of rotatable bonds is 22. The van der Waals surface area contributed by atoms with Crippen molar-refractivity contribution in [2.75, 3.05) is 0 Å². The Labute approximate surface area is 313 Å². The van der Waals surface area contributed by atoms with E-state index < -0.39 is 0 Å². The van der Waals surface area contributed by atoms with Gasteiger partial charge in [0.25, 0.3) is 0 Å². The first-order chi connectivity index (χ1) is 24.5. The lowest BCUT2D eigenvalue weighted by Crippen LogP contribution is -2.36. The van der Waals surface area contributed by atoms with Gasteiger partial charge in [-0.15, -0.1) is 0 Å². The Morgan fingerprint density at radius 1 is 0.490 bits per heavy atom. The predicted molar refractivity (Wildman–Crippen MR) is 220 cm³/mol. The number of unbranched alkanes of at least 4 members (excludes halogenated alkanes) is 12. The standard InChI is InChI=1S/C49H72O2/c1-7-9-11-13-15-17-25-33-48(35-31-44(50)42(37-48)46(3,4)40-27-21-19-22-28-40)39-49(34-26-18-16-14-12-10-8-2)36-32-45(51)43(38-49)47(5,6)41-29-23-20-24-30-41/h19-24,27-32,37-38,50-51H,7-18,25-26,33-36,39H2,1-6H3. The summed E-state index contributed by atoms with van der Waals surface area (Å²) in [6.07, 6.45) is 32.5. The van der Waals surface area contributed by atoms with Crippen molar-refractivity contribution in [3.05, 3.63) is 119 Å². The highest BCUT2D eigenvalue weighted by atomic mass is 16.3. The second-order valence-corrected chi connectivity index (χ2v) is 17.3. The van der Waals surface area contributed by atoms with Crippen LogP contribution in [0.1, 0.15) is 175 Å². The van der Waals surface area contributed by atoms with E-state index in [0.29, 0.717) is 11.5 Å². The molecule has 0 radical (unpaired) electrons. The molecule has 0 heterocycles. The third kappa shape index (κ3) is 11.0. The Kier molecular flexibility index (Phi) is 15.3. The van der Waals surface area contributed by atoms with Gasteiger partial charge in [0.1, 0.15) is 11.5 Å². The number of hydrogen-bond donors (Lipinski definition) is 2. The summed E-state index contributed by atoms with van der Waals surface area (Å²) in [4.78, 5) is 0. The highest BCUT2D eigenvalue weighted by Gasteiger charge is 2.44. The molecule has 0 amide bonds. The Bertz CT molecular complexity index is 1340. The molecule has 0 bridgehead atoms. The molecule has 0 saturated heterocycles. The maximum Gasteiger partial charge on any atom is 0.115 e. The molecule has 2 aromatic carbocycles. The van der Waals surface area contributed by atoms with E-state index >= 15 is 0 Å². The molecule has 51 heavy (non-hydrogen) atoms. The molecule has 2 N–H and O–H groups in total. The highest BCUT2D eigenvalue weighted by Crippen LogP contribution is 2.55. The summed E-state index contributed by atoms with van der Waals surface area (Å²) in [7, 11) is 0. The van der Waals surface area contributed by atoms with Crippen molar-refractivity contribution in [2.24, 2.45) is 10.8 Å². The summed E-state index contributed by atoms with van der Waals surface area (Å²) < 4.78 is 0. The summed E-state index contributed by atoms with van der Waals surface area (Å²) in [5, 5.41) is 23.1. The molecule has 2 atom stereocenters. The van der Waals surface area contributed by atoms with Gasteiger partial charge in [0.05, 0.1) is 0 Å². The molecular formula is C49H72O2. The Morgan fingerprint density at radius 2 is 0.824 bits per heavy atom. The topological polar surface area (TPSA) is 40.5 Å². The van der Waals surface area contributed by atoms with Gasteiger partial charge in [0, 0.05) is 22.0 Å². The zero-order valence-corrected chi connectivity index (χ0v) is 33.4. The van der Waals surface area contributed by atoms with Crippen molar-refractivity contribution in [1.82, 2.24) is 0 Å². The van der Waals surface area contributed by atoms with E-state index in [1.54, 1.807) is 0 Å². The number of benzene rings is 2. The van der Waals surface area contributed by atoms with E-state index in [1.165, 1.54) is 101 Å². The number of aliphatic hydroxyl groups is 2. The molecule has 0 saturated carbocycles. The molecular weight excluding hydrogens is 621 g/mol. The van der Waals surface area contributed by atoms with E-state index in [2.05, 4.69) is 127 Å². The number of hydrogen-bond acceptors (Lipinski definition) is 2. The third-order valence-corrected chi connectivity index (χ3v) is 12.5. The molecule has 2 aliphatic rings. The summed E-state index contributed by atoms with van der Waals surface area (Å²) in [5.41, 5.74) is 3.82. The molecule has 2 aliphatic carbocycles. The monoisotopic (exact) mass is 693 g/mol. The predicted octanol–water partition coefficient (Wildman–Crippen LogP) is 15.1. The average Bonchev–Trinajstić information content (AvgIpc) is 3.13. The van der Waals surface area contributed by atoms with Gasteiger partial charge < -0.3 is 10.2 Å². The minimum atomic E-state index is -0.319. The van der Waals surface area contributed by atoms with E-state index in [1.807, 2.05) is 0 Å². The zero-order valence-electron chi connectivity index (χ0n) is 33.4. The molecule has 0 fully saturated rings. The molecule has 0 spiro atoms. The lowest BCUT2D eigenvalue weighted by molar-refractivity contribution is 0.171. The molecule has 4 rings (SSSR count). The SMILES string of the molecule is CCCCCCCCCC1(CC2(CCCCCCCCC)C=C(C(C)(C)c3ccccc3)C(O)=CC2)C=C(C(C)(C)c2ccccc2)C(O)=CC1. The second-order valence-electron chi connectivity index (χ2n) is 17.3. The molecule has 2 aromatic rings. The normalized spacial score (nSPS) is 21.1. The van der Waals surface area contributed by atoms with Crippen LogP contribution in [0.25, 0.3) is 0 Å². The van der Waals surface area contributed by atoms with Crippen LogP contribution in [0.5, 0.6) is 0 Å². The van der Waals surface area contributed by atoms with Crippen molar-refractivity contribution in [2.45, 2.75) is 174 Å². The van der Waals surface area contributed by atoms with Gasteiger partial charge in [0.15, 0.2) is 0 Å². The fourth-order valence-electron chi connectivity index (χ4n) is 9.06. The van der Waals surface area contributed by atoms with E-state index in [4.69, 9.17) is 0 Å². The van der Waals surface area contributed by atoms with Crippen molar-refractivity contribution < 1.29 is 10.2 Å². The van der Waals surface area contributed by atoms with Crippen LogP contribution in [0.2, 0.25) is 0 Å². The van der Waals surface area contributed by atoms with Gasteiger partial charge >= 0.3 is 0 Å². The quantitative estimate of drug-likeness (QED) is 0.121. The fourth-order valence-corrected chi connectivity index (χ4v) is 9.06. The Hall–Kier alpha value is -3.00. The maximum absolute atomic E-state index is 11.6. The number of aliphatic hydroxyl groups excluding tert-OH is 2. The fraction of sp³-hybridized carbons (Fsp3) is 0.592. The van der Waals surface area contributed by atoms with Crippen LogP contribution in [0.15, 0.2) is 108 Å². The first-order valence-corrected chi connectivity index (χ1v) is 20.9. The highest BCUT2D eigenvalue weighted by molar-refractivity contribution is 5.48. The first kappa shape index (κ1) is 40.8. The molecule has 0 aliphatic heterocycles. The zero-order chi connectivity index (χ0) is 36.8. The van der Waals surface area contributed by atoms with Gasteiger partial charge in [-0.05, 0) is 66.2 Å². The lowest BCUT2D eigenvalue weighted by Gasteiger charge is -2.46. The van der Waals surface area contributed by atoms with Crippen LogP contribution in [-0.2, 0) is 10.8 Å². The minimum absolute atomic E-state index is 0.0720. The van der Waals surface area contributed by atoms with Crippen molar-refractivity contribution in [3.63, 3.8) is 0 Å². The molecule has 2 heteroatoms. The summed E-state index contributed by atoms with van der Waals surface area (Å²) >= 11 is 0. The van der Waals surface area contributed by atoms with Gasteiger partial charge in [-0.2, -0.15) is 0 Å². The third-order valence-electron chi connectivity index (χ3n) is 12.5. The summed E-state index contributed by atoms with van der Waals surface area (Å²) in [5.74, 6) is 0.894. The number of allylic oxidation sites excluding steroid dienone is 6. The van der Waals surface area contributed by atoms with Crippen LogP contribution >= 0.6 is 0 Å². The minimum Gasteiger partial charge on any atom is -0.508 e. The van der Waals surface area contributed by atoms with Crippen molar-refractivity contribution in [3.8, 4) is 0 Å². The Morgan fingerprint density at radius 3 is 1.18 bits per heavy atom. The van der Waals surface area contributed by atoms with Crippen LogP contribution in [-0.4, -0.2) is 10.2 Å². The van der Waals surface area contributed by atoms with Crippen LogP contribution in [0.3, 0.4) is 0 Å². The maximum atomic E-state index is 11.6. The lowest BCUT2D eigenvalue weighted by atomic mass is 9.58. The van der Waals surface area contributed by atoms with E-state index in [0.717, 1.165) is 43.3 Å². The van der Waals surface area contributed by atoms with Gasteiger partial charge in [-0.1, -0.05) is 204 Å². The molecule has 0 aromatic heterocycles. The molecule has 280 valence electrons. The van der Waals surface area contributed by atoms with E-state index in [9.17, 15) is 10.2 Å².